The molecule has 4 aromatic carbocycles. The Bertz CT molecular complexity index is 1960. The Morgan fingerprint density at radius 1 is 1.02 bits per heavy atom. The van der Waals surface area contributed by atoms with E-state index in [2.05, 4.69) is 31.3 Å². The van der Waals surface area contributed by atoms with Crippen LogP contribution in [0.2, 0.25) is 0 Å². The van der Waals surface area contributed by atoms with Crippen molar-refractivity contribution in [2.75, 3.05) is 19.0 Å². The van der Waals surface area contributed by atoms with Crippen molar-refractivity contribution in [2.24, 2.45) is 5.10 Å². The molecular formula is C32H24BrF3N4O4. The molecule has 224 valence electrons. The van der Waals surface area contributed by atoms with Crippen LogP contribution in [0.1, 0.15) is 16.7 Å². The molecular weight excluding hydrogens is 641 g/mol. The fourth-order valence-electron chi connectivity index (χ4n) is 4.34. The van der Waals surface area contributed by atoms with E-state index in [9.17, 15) is 22.8 Å². The monoisotopic (exact) mass is 664 g/mol. The molecule has 0 fully saturated rings. The van der Waals surface area contributed by atoms with E-state index in [0.29, 0.717) is 21.2 Å². The smallest absolute Gasteiger partial charge is 0.416 e. The lowest BCUT2D eigenvalue weighted by Gasteiger charge is -2.14. The number of nitrogens with one attached hydrogen (secondary N) is 1. The topological polar surface area (TPSA) is 94.8 Å². The van der Waals surface area contributed by atoms with E-state index >= 15 is 0 Å². The molecule has 0 saturated carbocycles. The molecule has 0 aliphatic carbocycles. The van der Waals surface area contributed by atoms with Gasteiger partial charge in [0.2, 0.25) is 0 Å². The van der Waals surface area contributed by atoms with Gasteiger partial charge in [-0.1, -0.05) is 42.5 Å². The Morgan fingerprint density at radius 3 is 2.52 bits per heavy atom. The first-order valence-corrected chi connectivity index (χ1v) is 13.9. The molecule has 0 aliphatic rings. The molecule has 5 rings (SSSR count). The van der Waals surface area contributed by atoms with Crippen LogP contribution < -0.4 is 20.3 Å². The second kappa shape index (κ2) is 12.7. The van der Waals surface area contributed by atoms with Gasteiger partial charge in [0.1, 0.15) is 0 Å². The Hall–Kier alpha value is -4.97. The Kier molecular flexibility index (Phi) is 8.81. The quantitative estimate of drug-likeness (QED) is 0.179. The maximum atomic E-state index is 13.5. The lowest BCUT2D eigenvalue weighted by Crippen LogP contribution is -2.21. The number of hydrogen-bond donors (Lipinski definition) is 1. The van der Waals surface area contributed by atoms with E-state index in [1.54, 1.807) is 42.5 Å². The summed E-state index contributed by atoms with van der Waals surface area (Å²) in [6.45, 7) is 1.59. The Labute approximate surface area is 257 Å². The van der Waals surface area contributed by atoms with Crippen molar-refractivity contribution in [3.05, 3.63) is 116 Å². The number of anilines is 1. The van der Waals surface area contributed by atoms with Gasteiger partial charge in [-0.15, -0.1) is 0 Å². The molecule has 0 saturated heterocycles. The molecule has 0 atom stereocenters. The molecule has 0 radical (unpaired) electrons. The molecule has 0 bridgehead atoms. The summed E-state index contributed by atoms with van der Waals surface area (Å²) in [6, 6.07) is 21.5. The van der Waals surface area contributed by atoms with Crippen LogP contribution in [0.4, 0.5) is 18.9 Å². The van der Waals surface area contributed by atoms with Gasteiger partial charge in [0, 0.05) is 21.3 Å². The van der Waals surface area contributed by atoms with E-state index in [1.165, 1.54) is 25.5 Å². The van der Waals surface area contributed by atoms with Gasteiger partial charge in [0.25, 0.3) is 11.5 Å². The number of amides is 1. The number of aromatic nitrogens is 2. The summed E-state index contributed by atoms with van der Waals surface area (Å²) in [5.41, 5.74) is 0.945. The fraction of sp³-hybridized carbons (Fsp3) is 0.125. The number of aryl methyl sites for hydroxylation is 1. The normalized spacial score (nSPS) is 11.6. The van der Waals surface area contributed by atoms with Crippen LogP contribution in [0.25, 0.3) is 22.3 Å². The lowest BCUT2D eigenvalue weighted by atomic mass is 10.1. The predicted octanol–water partition coefficient (Wildman–Crippen LogP) is 7.06. The Balaban J connectivity index is 1.47. The first-order chi connectivity index (χ1) is 21.0. The molecule has 1 heterocycles. The maximum absolute atomic E-state index is 13.5. The number of fused-ring (bicyclic) bond motifs is 1. The number of alkyl halides is 3. The molecule has 12 heteroatoms. The minimum absolute atomic E-state index is 0.0594. The van der Waals surface area contributed by atoms with Crippen molar-refractivity contribution in [1.82, 2.24) is 9.66 Å². The van der Waals surface area contributed by atoms with Gasteiger partial charge in [-0.3, -0.25) is 9.59 Å². The molecule has 0 unspecified atom stereocenters. The van der Waals surface area contributed by atoms with E-state index in [4.69, 9.17) is 9.47 Å². The van der Waals surface area contributed by atoms with Crippen molar-refractivity contribution in [3.63, 3.8) is 0 Å². The third kappa shape index (κ3) is 6.65. The summed E-state index contributed by atoms with van der Waals surface area (Å²) in [5, 5.41) is 7.37. The van der Waals surface area contributed by atoms with Crippen molar-refractivity contribution < 1.29 is 27.4 Å². The number of ether oxygens (including phenoxy) is 2. The number of rotatable bonds is 8. The zero-order valence-electron chi connectivity index (χ0n) is 23.4. The number of para-hydroxylation sites is 2. The summed E-state index contributed by atoms with van der Waals surface area (Å²) in [5.74, 6) is 0.109. The summed E-state index contributed by atoms with van der Waals surface area (Å²) in [7, 11) is 1.42. The second-order valence-electron chi connectivity index (χ2n) is 9.57. The van der Waals surface area contributed by atoms with Crippen LogP contribution in [0, 0.1) is 6.92 Å². The highest BCUT2D eigenvalue weighted by atomic mass is 79.9. The highest BCUT2D eigenvalue weighted by Crippen LogP contribution is 2.34. The molecule has 5 aromatic rings. The zero-order chi connectivity index (χ0) is 31.4. The third-order valence-electron chi connectivity index (χ3n) is 6.58. The van der Waals surface area contributed by atoms with Gasteiger partial charge in [-0.25, -0.2) is 4.98 Å². The first kappa shape index (κ1) is 30.5. The summed E-state index contributed by atoms with van der Waals surface area (Å²) in [4.78, 5) is 30.4. The molecule has 0 spiro atoms. The largest absolute Gasteiger partial charge is 0.493 e. The fourth-order valence-corrected chi connectivity index (χ4v) is 4.76. The number of carbonyl (C=O) groups excluding carboxylic acids is 1. The number of carbonyl (C=O) groups is 1. The highest BCUT2D eigenvalue weighted by molar-refractivity contribution is 9.10. The minimum Gasteiger partial charge on any atom is -0.493 e. The summed E-state index contributed by atoms with van der Waals surface area (Å²) in [6.07, 6.45) is -3.25. The molecule has 1 aromatic heterocycles. The number of hydrogen-bond acceptors (Lipinski definition) is 6. The van der Waals surface area contributed by atoms with Crippen LogP contribution in [0.15, 0.2) is 99.3 Å². The second-order valence-corrected chi connectivity index (χ2v) is 10.4. The van der Waals surface area contributed by atoms with Gasteiger partial charge < -0.3 is 14.8 Å². The molecule has 1 amide bonds. The third-order valence-corrected chi connectivity index (χ3v) is 7.26. The first-order valence-electron chi connectivity index (χ1n) is 13.1. The van der Waals surface area contributed by atoms with Crippen molar-refractivity contribution in [2.45, 2.75) is 13.1 Å². The van der Waals surface area contributed by atoms with Crippen LogP contribution in [0.3, 0.4) is 0 Å². The van der Waals surface area contributed by atoms with Crippen LogP contribution in [-0.2, 0) is 11.0 Å². The maximum Gasteiger partial charge on any atom is 0.416 e. The highest BCUT2D eigenvalue weighted by Gasteiger charge is 2.31. The number of benzene rings is 4. The van der Waals surface area contributed by atoms with Gasteiger partial charge >= 0.3 is 6.18 Å². The van der Waals surface area contributed by atoms with E-state index in [0.717, 1.165) is 22.4 Å². The van der Waals surface area contributed by atoms with E-state index in [1.807, 2.05) is 25.1 Å². The van der Waals surface area contributed by atoms with Crippen molar-refractivity contribution >= 4 is 44.6 Å². The molecule has 8 nitrogen and oxygen atoms in total. The number of halogens is 4. The SMILES string of the molecule is COc1cc(C=Nn2c(-c3cccc(C(F)(F)F)c3)nc3ccccc3c2=O)c(Br)cc1OCC(=O)Nc1ccccc1C. The number of methoxy groups -OCH3 is 1. The average Bonchev–Trinajstić information content (AvgIpc) is 3.01. The Morgan fingerprint density at radius 2 is 1.77 bits per heavy atom. The van der Waals surface area contributed by atoms with Gasteiger partial charge in [-0.2, -0.15) is 22.9 Å². The molecule has 0 aliphatic heterocycles. The minimum atomic E-state index is -4.59. The molecule has 1 N–H and O–H groups in total. The lowest BCUT2D eigenvalue weighted by molar-refractivity contribution is -0.137. The van der Waals surface area contributed by atoms with Gasteiger partial charge in [0.05, 0.1) is 29.8 Å². The van der Waals surface area contributed by atoms with Crippen LogP contribution >= 0.6 is 15.9 Å². The predicted molar refractivity (Wildman–Crippen MR) is 165 cm³/mol. The summed E-state index contributed by atoms with van der Waals surface area (Å²) >= 11 is 3.45. The zero-order valence-corrected chi connectivity index (χ0v) is 24.9. The number of nitrogens with zero attached hydrogens (tertiary/aromatic N) is 3. The molecule has 44 heavy (non-hydrogen) atoms. The van der Waals surface area contributed by atoms with E-state index < -0.39 is 17.3 Å². The van der Waals surface area contributed by atoms with Crippen molar-refractivity contribution in [1.29, 1.82) is 0 Å². The van der Waals surface area contributed by atoms with Gasteiger partial charge in [-0.05, 0) is 70.9 Å². The summed E-state index contributed by atoms with van der Waals surface area (Å²) < 4.78 is 53.0. The van der Waals surface area contributed by atoms with E-state index in [-0.39, 0.29) is 40.8 Å². The van der Waals surface area contributed by atoms with Crippen LogP contribution in [-0.4, -0.2) is 35.5 Å². The van der Waals surface area contributed by atoms with Gasteiger partial charge in [0.15, 0.2) is 23.9 Å². The van der Waals surface area contributed by atoms with Crippen molar-refractivity contribution in [3.8, 4) is 22.9 Å². The standard InChI is InChI=1S/C32H24BrF3N4O4/c1-19-8-3-5-12-25(19)38-29(41)18-44-28-16-24(33)21(15-27(28)43-2)17-37-40-30(20-9-7-10-22(14-20)32(34,35)36)39-26-13-6-4-11-23(26)31(40)42/h3-17H,18H2,1-2H3,(H,38,41). The average molecular weight is 665 g/mol. The van der Waals surface area contributed by atoms with Crippen LogP contribution in [0.5, 0.6) is 11.5 Å².